The SMILES string of the molecule is CC(C)Cc1nnnn1C(F)(F)C(F)(F)F. The van der Waals surface area contributed by atoms with Crippen LogP contribution in [0.2, 0.25) is 0 Å². The Morgan fingerprint density at radius 3 is 2.19 bits per heavy atom. The van der Waals surface area contributed by atoms with Crippen molar-refractivity contribution in [2.24, 2.45) is 5.92 Å². The van der Waals surface area contributed by atoms with Gasteiger partial charge in [0.1, 0.15) is 0 Å². The fourth-order valence-electron chi connectivity index (χ4n) is 1.04. The van der Waals surface area contributed by atoms with Crippen molar-refractivity contribution in [2.45, 2.75) is 32.5 Å². The van der Waals surface area contributed by atoms with Gasteiger partial charge in [-0.15, -0.1) is 5.10 Å². The standard InChI is InChI=1S/C7H9F5N4/c1-4(2)3-5-13-14-15-16(5)7(11,12)6(8,9)10/h4H,3H2,1-2H3. The Bertz CT molecular complexity index is 356. The van der Waals surface area contributed by atoms with E-state index in [0.717, 1.165) is 0 Å². The van der Waals surface area contributed by atoms with E-state index in [2.05, 4.69) is 15.5 Å². The summed E-state index contributed by atoms with van der Waals surface area (Å²) in [5.41, 5.74) is 0. The highest BCUT2D eigenvalue weighted by Crippen LogP contribution is 2.39. The zero-order chi connectivity index (χ0) is 12.6. The number of alkyl halides is 5. The molecule has 0 aromatic carbocycles. The summed E-state index contributed by atoms with van der Waals surface area (Å²) in [4.78, 5) is 0. The first kappa shape index (κ1) is 12.8. The molecule has 1 rings (SSSR count). The highest BCUT2D eigenvalue weighted by molar-refractivity contribution is 4.88. The molecule has 0 unspecified atom stereocenters. The third-order valence-corrected chi connectivity index (χ3v) is 1.73. The summed E-state index contributed by atoms with van der Waals surface area (Å²) < 4.78 is 61.5. The number of hydrogen-bond donors (Lipinski definition) is 0. The second-order valence-electron chi connectivity index (χ2n) is 3.64. The Hall–Kier alpha value is -1.28. The fraction of sp³-hybridized carbons (Fsp3) is 0.857. The molecule has 92 valence electrons. The topological polar surface area (TPSA) is 43.6 Å². The Morgan fingerprint density at radius 2 is 1.75 bits per heavy atom. The molecule has 0 spiro atoms. The zero-order valence-corrected chi connectivity index (χ0v) is 8.46. The molecule has 0 saturated heterocycles. The highest BCUT2D eigenvalue weighted by atomic mass is 19.4. The van der Waals surface area contributed by atoms with E-state index < -0.39 is 22.7 Å². The monoisotopic (exact) mass is 244 g/mol. The third kappa shape index (κ3) is 2.27. The zero-order valence-electron chi connectivity index (χ0n) is 8.46. The van der Waals surface area contributed by atoms with Gasteiger partial charge in [0.2, 0.25) is 0 Å². The summed E-state index contributed by atoms with van der Waals surface area (Å²) in [5, 5.41) is 8.69. The van der Waals surface area contributed by atoms with E-state index in [1.54, 1.807) is 13.8 Å². The number of tetrazole rings is 1. The van der Waals surface area contributed by atoms with Crippen molar-refractivity contribution in [3.05, 3.63) is 5.82 Å². The van der Waals surface area contributed by atoms with Crippen LogP contribution in [0, 0.1) is 5.92 Å². The highest BCUT2D eigenvalue weighted by Gasteiger charge is 2.61. The minimum Gasteiger partial charge on any atom is -0.170 e. The van der Waals surface area contributed by atoms with Crippen LogP contribution in [0.15, 0.2) is 0 Å². The van der Waals surface area contributed by atoms with Crippen LogP contribution in [0.1, 0.15) is 19.7 Å². The second kappa shape index (κ2) is 3.95. The number of nitrogens with zero attached hydrogens (tertiary/aromatic N) is 4. The Labute approximate surface area is 87.4 Å². The lowest BCUT2D eigenvalue weighted by atomic mass is 10.1. The Kier molecular flexibility index (Phi) is 3.15. The maximum Gasteiger partial charge on any atom is 0.477 e. The summed E-state index contributed by atoms with van der Waals surface area (Å²) in [6, 6.07) is -5.08. The molecule has 16 heavy (non-hydrogen) atoms. The fourth-order valence-corrected chi connectivity index (χ4v) is 1.04. The van der Waals surface area contributed by atoms with Gasteiger partial charge in [-0.2, -0.15) is 26.6 Å². The molecule has 0 saturated carbocycles. The average Bonchev–Trinajstić information content (AvgIpc) is 2.49. The van der Waals surface area contributed by atoms with Gasteiger partial charge >= 0.3 is 12.2 Å². The lowest BCUT2D eigenvalue weighted by Gasteiger charge is -2.20. The van der Waals surface area contributed by atoms with E-state index in [-0.39, 0.29) is 12.3 Å². The van der Waals surface area contributed by atoms with Crippen molar-refractivity contribution < 1.29 is 22.0 Å². The average molecular weight is 244 g/mol. The van der Waals surface area contributed by atoms with E-state index in [9.17, 15) is 22.0 Å². The van der Waals surface area contributed by atoms with Gasteiger partial charge < -0.3 is 0 Å². The predicted molar refractivity (Wildman–Crippen MR) is 42.6 cm³/mol. The quantitative estimate of drug-likeness (QED) is 0.763. The van der Waals surface area contributed by atoms with Crippen molar-refractivity contribution in [1.29, 1.82) is 0 Å². The molecule has 0 fully saturated rings. The number of hydrogen-bond acceptors (Lipinski definition) is 3. The van der Waals surface area contributed by atoms with Crippen LogP contribution in [0.4, 0.5) is 22.0 Å². The van der Waals surface area contributed by atoms with Crippen LogP contribution in [-0.4, -0.2) is 26.4 Å². The normalized spacial score (nSPS) is 13.5. The minimum atomic E-state index is -5.71. The molecule has 0 N–H and O–H groups in total. The van der Waals surface area contributed by atoms with E-state index in [4.69, 9.17) is 0 Å². The van der Waals surface area contributed by atoms with Gasteiger partial charge in [0.15, 0.2) is 5.82 Å². The molecule has 1 aromatic rings. The summed E-state index contributed by atoms with van der Waals surface area (Å²) in [6.45, 7) is 3.31. The maximum atomic E-state index is 12.9. The van der Waals surface area contributed by atoms with E-state index >= 15 is 0 Å². The summed E-state index contributed by atoms with van der Waals surface area (Å²) >= 11 is 0. The third-order valence-electron chi connectivity index (χ3n) is 1.73. The lowest BCUT2D eigenvalue weighted by Crippen LogP contribution is -2.41. The first-order valence-corrected chi connectivity index (χ1v) is 4.38. The number of aromatic nitrogens is 4. The van der Waals surface area contributed by atoms with Gasteiger partial charge in [0, 0.05) is 6.42 Å². The van der Waals surface area contributed by atoms with Crippen LogP contribution in [0.25, 0.3) is 0 Å². The summed E-state index contributed by atoms with van der Waals surface area (Å²) in [6.07, 6.45) is -5.77. The second-order valence-corrected chi connectivity index (χ2v) is 3.64. The smallest absolute Gasteiger partial charge is 0.170 e. The van der Waals surface area contributed by atoms with Gasteiger partial charge in [0.25, 0.3) is 0 Å². The minimum absolute atomic E-state index is 0.0569. The van der Waals surface area contributed by atoms with E-state index in [1.165, 1.54) is 0 Å². The molecule has 0 radical (unpaired) electrons. The van der Waals surface area contributed by atoms with E-state index in [0.29, 0.717) is 0 Å². The predicted octanol–water partition coefficient (Wildman–Crippen LogP) is 1.98. The van der Waals surface area contributed by atoms with Crippen LogP contribution in [0.5, 0.6) is 0 Å². The molecule has 0 amide bonds. The molecule has 0 atom stereocenters. The van der Waals surface area contributed by atoms with Crippen LogP contribution < -0.4 is 0 Å². The number of halogens is 5. The molecule has 0 aliphatic carbocycles. The molecular weight excluding hydrogens is 235 g/mol. The van der Waals surface area contributed by atoms with Gasteiger partial charge in [-0.1, -0.05) is 13.8 Å². The van der Waals surface area contributed by atoms with Crippen molar-refractivity contribution >= 4 is 0 Å². The van der Waals surface area contributed by atoms with Gasteiger partial charge in [-0.3, -0.25) is 0 Å². The molecule has 1 aromatic heterocycles. The molecule has 0 aliphatic rings. The lowest BCUT2D eigenvalue weighted by molar-refractivity contribution is -0.329. The Balaban J connectivity index is 3.09. The van der Waals surface area contributed by atoms with Crippen LogP contribution in [-0.2, 0) is 12.5 Å². The van der Waals surface area contributed by atoms with Gasteiger partial charge in [-0.05, 0) is 16.3 Å². The summed E-state index contributed by atoms with van der Waals surface area (Å²) in [7, 11) is 0. The first-order valence-electron chi connectivity index (χ1n) is 4.38. The molecule has 9 heteroatoms. The summed E-state index contributed by atoms with van der Waals surface area (Å²) in [5.74, 6) is -0.619. The van der Waals surface area contributed by atoms with Crippen molar-refractivity contribution in [1.82, 2.24) is 20.2 Å². The van der Waals surface area contributed by atoms with Crippen molar-refractivity contribution in [3.8, 4) is 0 Å². The van der Waals surface area contributed by atoms with Crippen LogP contribution >= 0.6 is 0 Å². The molecule has 4 nitrogen and oxygen atoms in total. The number of rotatable bonds is 3. The van der Waals surface area contributed by atoms with Crippen LogP contribution in [0.3, 0.4) is 0 Å². The largest absolute Gasteiger partial charge is 0.477 e. The Morgan fingerprint density at radius 1 is 1.19 bits per heavy atom. The van der Waals surface area contributed by atoms with Gasteiger partial charge in [-0.25, -0.2) is 0 Å². The molecule has 0 bridgehead atoms. The molecule has 0 aliphatic heterocycles. The molecular formula is C7H9F5N4. The van der Waals surface area contributed by atoms with Crippen molar-refractivity contribution in [3.63, 3.8) is 0 Å². The molecule has 1 heterocycles. The van der Waals surface area contributed by atoms with E-state index in [1.807, 2.05) is 0 Å². The van der Waals surface area contributed by atoms with Gasteiger partial charge in [0.05, 0.1) is 0 Å². The van der Waals surface area contributed by atoms with Crippen molar-refractivity contribution in [2.75, 3.05) is 0 Å². The maximum absolute atomic E-state index is 12.9. The first-order chi connectivity index (χ1) is 7.16.